The zero-order valence-electron chi connectivity index (χ0n) is 9.71. The number of carboxylic acid groups (broad SMARTS) is 1. The van der Waals surface area contributed by atoms with Gasteiger partial charge in [0.1, 0.15) is 6.04 Å². The Bertz CT molecular complexity index is 326. The molecule has 1 aromatic rings. The normalized spacial score (nSPS) is 15.0. The fraction of sp³-hybridized carbons (Fsp3) is 0.545. The third-order valence-electron chi connectivity index (χ3n) is 2.67. The van der Waals surface area contributed by atoms with Crippen LogP contribution in [0.2, 0.25) is 0 Å². The first-order chi connectivity index (χ1) is 7.57. The molecule has 0 aliphatic rings. The van der Waals surface area contributed by atoms with Crippen LogP contribution in [0.4, 0.5) is 0 Å². The van der Waals surface area contributed by atoms with E-state index in [2.05, 4.69) is 0 Å². The molecule has 0 fully saturated rings. The van der Waals surface area contributed by atoms with Crippen molar-refractivity contribution in [1.82, 2.24) is 4.90 Å². The van der Waals surface area contributed by atoms with Crippen molar-refractivity contribution in [2.75, 3.05) is 20.8 Å². The predicted octanol–water partition coefficient (Wildman–Crippen LogP) is 1.84. The summed E-state index contributed by atoms with van der Waals surface area (Å²) in [6.45, 7) is 2.19. The van der Waals surface area contributed by atoms with E-state index in [9.17, 15) is 4.79 Å². The lowest BCUT2D eigenvalue weighted by atomic mass is 10.2. The van der Waals surface area contributed by atoms with Gasteiger partial charge in [-0.1, -0.05) is 6.07 Å². The van der Waals surface area contributed by atoms with Crippen molar-refractivity contribution in [3.63, 3.8) is 0 Å². The summed E-state index contributed by atoms with van der Waals surface area (Å²) in [5.41, 5.74) is 0. The van der Waals surface area contributed by atoms with Crippen LogP contribution in [-0.4, -0.2) is 42.8 Å². The molecule has 0 bridgehead atoms. The van der Waals surface area contributed by atoms with E-state index in [1.54, 1.807) is 11.3 Å². The van der Waals surface area contributed by atoms with Gasteiger partial charge in [-0.05, 0) is 25.4 Å². The molecule has 0 aliphatic heterocycles. The van der Waals surface area contributed by atoms with Crippen LogP contribution in [0.15, 0.2) is 17.5 Å². The SMILES string of the molecule is COCC(C(=O)O)N(C)C(C)c1cccs1. The van der Waals surface area contributed by atoms with Gasteiger partial charge in [-0.25, -0.2) is 0 Å². The Balaban J connectivity index is 2.74. The first kappa shape index (κ1) is 13.2. The van der Waals surface area contributed by atoms with E-state index in [1.807, 2.05) is 36.4 Å². The Hall–Kier alpha value is -0.910. The second-order valence-electron chi connectivity index (χ2n) is 3.67. The minimum absolute atomic E-state index is 0.0799. The van der Waals surface area contributed by atoms with E-state index in [0.717, 1.165) is 4.88 Å². The number of ether oxygens (including phenoxy) is 1. The summed E-state index contributed by atoms with van der Waals surface area (Å²) < 4.78 is 4.93. The summed E-state index contributed by atoms with van der Waals surface area (Å²) in [6, 6.07) is 3.45. The second kappa shape index (κ2) is 5.98. The fourth-order valence-corrected chi connectivity index (χ4v) is 2.36. The van der Waals surface area contributed by atoms with Crippen LogP contribution in [0.3, 0.4) is 0 Å². The molecule has 4 nitrogen and oxygen atoms in total. The molecule has 0 spiro atoms. The highest BCUT2D eigenvalue weighted by Crippen LogP contribution is 2.24. The molecule has 90 valence electrons. The molecule has 0 amide bonds. The van der Waals surface area contributed by atoms with Crippen molar-refractivity contribution >= 4 is 17.3 Å². The molecule has 2 atom stereocenters. The summed E-state index contributed by atoms with van der Waals surface area (Å²) in [5, 5.41) is 11.1. The molecule has 0 aliphatic carbocycles. The highest BCUT2D eigenvalue weighted by atomic mass is 32.1. The van der Waals surface area contributed by atoms with Crippen LogP contribution >= 0.6 is 11.3 Å². The van der Waals surface area contributed by atoms with Crippen molar-refractivity contribution < 1.29 is 14.6 Å². The third kappa shape index (κ3) is 3.04. The molecule has 0 saturated carbocycles. The molecule has 1 rings (SSSR count). The molecule has 2 unspecified atom stereocenters. The monoisotopic (exact) mass is 243 g/mol. The highest BCUT2D eigenvalue weighted by molar-refractivity contribution is 7.10. The van der Waals surface area contributed by atoms with Crippen molar-refractivity contribution in [2.45, 2.75) is 19.0 Å². The molecule has 1 heterocycles. The third-order valence-corrected chi connectivity index (χ3v) is 3.71. The van der Waals surface area contributed by atoms with E-state index in [4.69, 9.17) is 9.84 Å². The van der Waals surface area contributed by atoms with Gasteiger partial charge in [0.25, 0.3) is 0 Å². The summed E-state index contributed by atoms with van der Waals surface area (Å²) in [7, 11) is 3.32. The van der Waals surface area contributed by atoms with Gasteiger partial charge in [0.05, 0.1) is 6.61 Å². The number of carboxylic acids is 1. The minimum Gasteiger partial charge on any atom is -0.480 e. The van der Waals surface area contributed by atoms with Crippen molar-refractivity contribution in [3.05, 3.63) is 22.4 Å². The van der Waals surface area contributed by atoms with Gasteiger partial charge >= 0.3 is 5.97 Å². The van der Waals surface area contributed by atoms with Gasteiger partial charge < -0.3 is 9.84 Å². The average molecular weight is 243 g/mol. The lowest BCUT2D eigenvalue weighted by Gasteiger charge is -2.29. The van der Waals surface area contributed by atoms with Crippen LogP contribution in [0.5, 0.6) is 0 Å². The topological polar surface area (TPSA) is 49.8 Å². The van der Waals surface area contributed by atoms with Crippen molar-refractivity contribution in [1.29, 1.82) is 0 Å². The zero-order valence-corrected chi connectivity index (χ0v) is 10.5. The lowest BCUT2D eigenvalue weighted by molar-refractivity contribution is -0.145. The molecule has 0 radical (unpaired) electrons. The molecule has 16 heavy (non-hydrogen) atoms. The van der Waals surface area contributed by atoms with Crippen LogP contribution in [0.25, 0.3) is 0 Å². The van der Waals surface area contributed by atoms with Crippen molar-refractivity contribution in [3.8, 4) is 0 Å². The number of rotatable bonds is 6. The van der Waals surface area contributed by atoms with Gasteiger partial charge in [-0.3, -0.25) is 9.69 Å². The van der Waals surface area contributed by atoms with E-state index < -0.39 is 12.0 Å². The van der Waals surface area contributed by atoms with E-state index in [1.165, 1.54) is 7.11 Å². The Morgan fingerprint density at radius 3 is 2.81 bits per heavy atom. The molecule has 0 aromatic carbocycles. The smallest absolute Gasteiger partial charge is 0.323 e. The predicted molar refractivity (Wildman–Crippen MR) is 63.8 cm³/mol. The summed E-state index contributed by atoms with van der Waals surface area (Å²) in [4.78, 5) is 14.1. The number of hydrogen-bond donors (Lipinski definition) is 1. The van der Waals surface area contributed by atoms with Gasteiger partial charge in [0, 0.05) is 18.0 Å². The first-order valence-electron chi connectivity index (χ1n) is 5.05. The summed E-state index contributed by atoms with van der Waals surface area (Å²) in [5.74, 6) is -0.854. The number of carbonyl (C=O) groups is 1. The lowest BCUT2D eigenvalue weighted by Crippen LogP contribution is -2.42. The Morgan fingerprint density at radius 1 is 1.69 bits per heavy atom. The van der Waals surface area contributed by atoms with Gasteiger partial charge in [0.2, 0.25) is 0 Å². The van der Waals surface area contributed by atoms with Gasteiger partial charge in [0.15, 0.2) is 0 Å². The maximum absolute atomic E-state index is 11.1. The van der Waals surface area contributed by atoms with E-state index in [0.29, 0.717) is 0 Å². The second-order valence-corrected chi connectivity index (χ2v) is 4.65. The first-order valence-corrected chi connectivity index (χ1v) is 5.93. The number of aliphatic carboxylic acids is 1. The number of hydrogen-bond acceptors (Lipinski definition) is 4. The Morgan fingerprint density at radius 2 is 2.38 bits per heavy atom. The van der Waals surface area contributed by atoms with E-state index >= 15 is 0 Å². The van der Waals surface area contributed by atoms with Crippen LogP contribution in [0.1, 0.15) is 17.8 Å². The largest absolute Gasteiger partial charge is 0.480 e. The molecule has 0 saturated heterocycles. The number of likely N-dealkylation sites (N-methyl/N-ethyl adjacent to an activating group) is 1. The number of methoxy groups -OCH3 is 1. The van der Waals surface area contributed by atoms with Crippen LogP contribution < -0.4 is 0 Å². The molecule has 1 aromatic heterocycles. The molecule has 1 N–H and O–H groups in total. The summed E-state index contributed by atoms with van der Waals surface area (Å²) >= 11 is 1.63. The quantitative estimate of drug-likeness (QED) is 0.828. The molecule has 5 heteroatoms. The minimum atomic E-state index is -0.854. The van der Waals surface area contributed by atoms with Gasteiger partial charge in [-0.15, -0.1) is 11.3 Å². The Labute approximate surface area is 99.5 Å². The fourth-order valence-electron chi connectivity index (χ4n) is 1.52. The number of nitrogens with zero attached hydrogens (tertiary/aromatic N) is 1. The maximum atomic E-state index is 11.1. The van der Waals surface area contributed by atoms with Crippen LogP contribution in [0, 0.1) is 0 Å². The van der Waals surface area contributed by atoms with Gasteiger partial charge in [-0.2, -0.15) is 0 Å². The van der Waals surface area contributed by atoms with Crippen LogP contribution in [-0.2, 0) is 9.53 Å². The zero-order chi connectivity index (χ0) is 12.1. The van der Waals surface area contributed by atoms with Crippen molar-refractivity contribution in [2.24, 2.45) is 0 Å². The summed E-state index contributed by atoms with van der Waals surface area (Å²) in [6.07, 6.45) is 0. The van der Waals surface area contributed by atoms with E-state index in [-0.39, 0.29) is 12.6 Å². The maximum Gasteiger partial charge on any atom is 0.323 e. The standard InChI is InChI=1S/C11H17NO3S/c1-8(10-5-4-6-16-10)12(2)9(7-15-3)11(13)14/h4-6,8-9H,7H2,1-3H3,(H,13,14). The highest BCUT2D eigenvalue weighted by Gasteiger charge is 2.27. The molecular weight excluding hydrogens is 226 g/mol. The molecular formula is C11H17NO3S. The average Bonchev–Trinajstić information content (AvgIpc) is 2.76. The number of thiophene rings is 1. The Kier molecular flexibility index (Phi) is 4.92.